The van der Waals surface area contributed by atoms with Crippen molar-refractivity contribution >= 4 is 15.7 Å². The van der Waals surface area contributed by atoms with Crippen LogP contribution in [0.1, 0.15) is 25.7 Å². The Labute approximate surface area is 123 Å². The van der Waals surface area contributed by atoms with Crippen molar-refractivity contribution in [2.45, 2.75) is 36.6 Å². The van der Waals surface area contributed by atoms with Gasteiger partial charge in [0.2, 0.25) is 10.0 Å². The van der Waals surface area contributed by atoms with E-state index in [2.05, 4.69) is 0 Å². The highest BCUT2D eigenvalue weighted by Gasteiger charge is 2.34. The van der Waals surface area contributed by atoms with Crippen molar-refractivity contribution in [3.05, 3.63) is 34.4 Å². The Hall–Kier alpha value is -1.51. The summed E-state index contributed by atoms with van der Waals surface area (Å²) in [5.74, 6) is 0. The number of aliphatic hydroxyl groups excluding tert-OH is 1. The molecule has 0 aliphatic heterocycles. The lowest BCUT2D eigenvalue weighted by Crippen LogP contribution is -2.44. The lowest BCUT2D eigenvalue weighted by molar-refractivity contribution is -0.385. The number of nitro benzene ring substituents is 1. The molecule has 0 heterocycles. The van der Waals surface area contributed by atoms with E-state index in [0.717, 1.165) is 25.3 Å². The van der Waals surface area contributed by atoms with Gasteiger partial charge in [0.1, 0.15) is 0 Å². The van der Waals surface area contributed by atoms with E-state index in [0.29, 0.717) is 6.42 Å². The number of hydrogen-bond donors (Lipinski definition) is 1. The molecule has 116 valence electrons. The highest BCUT2D eigenvalue weighted by Crippen LogP contribution is 2.31. The van der Waals surface area contributed by atoms with E-state index >= 15 is 0 Å². The van der Waals surface area contributed by atoms with Crippen LogP contribution in [-0.4, -0.2) is 41.9 Å². The third-order valence-corrected chi connectivity index (χ3v) is 5.60. The van der Waals surface area contributed by atoms with Crippen LogP contribution in [0.4, 0.5) is 5.69 Å². The first-order chi connectivity index (χ1) is 9.96. The molecule has 1 aromatic rings. The Kier molecular flexibility index (Phi) is 4.92. The van der Waals surface area contributed by atoms with Crippen molar-refractivity contribution in [3.63, 3.8) is 0 Å². The lowest BCUT2D eigenvalue weighted by Gasteiger charge is -2.36. The summed E-state index contributed by atoms with van der Waals surface area (Å²) in [7, 11) is -3.77. The zero-order valence-corrected chi connectivity index (χ0v) is 12.3. The van der Waals surface area contributed by atoms with Crippen LogP contribution in [0.3, 0.4) is 0 Å². The van der Waals surface area contributed by atoms with Crippen molar-refractivity contribution in [2.75, 3.05) is 13.2 Å². The van der Waals surface area contributed by atoms with Gasteiger partial charge in [-0.15, -0.1) is 0 Å². The van der Waals surface area contributed by atoms with Crippen LogP contribution in [0.2, 0.25) is 0 Å². The van der Waals surface area contributed by atoms with Gasteiger partial charge >= 0.3 is 0 Å². The number of non-ortho nitro benzene ring substituents is 1. The molecular weight excluding hydrogens is 296 g/mol. The van der Waals surface area contributed by atoms with Crippen LogP contribution in [0.5, 0.6) is 0 Å². The number of hydrogen-bond acceptors (Lipinski definition) is 5. The standard InChI is InChI=1S/C13H18N2O5S/c16-9-3-8-14(11-4-1-5-11)21(19,20)13-7-2-6-12(10-13)15(17)18/h2,6-7,10-11,16H,1,3-5,8-9H2. The van der Waals surface area contributed by atoms with Crippen LogP contribution in [-0.2, 0) is 10.0 Å². The molecule has 1 aliphatic rings. The molecule has 0 atom stereocenters. The monoisotopic (exact) mass is 314 g/mol. The van der Waals surface area contributed by atoms with Crippen molar-refractivity contribution < 1.29 is 18.4 Å². The molecule has 1 saturated carbocycles. The highest BCUT2D eigenvalue weighted by molar-refractivity contribution is 7.89. The fraction of sp³-hybridized carbons (Fsp3) is 0.538. The van der Waals surface area contributed by atoms with Gasteiger partial charge in [-0.2, -0.15) is 4.31 Å². The Morgan fingerprint density at radius 2 is 2.10 bits per heavy atom. The van der Waals surface area contributed by atoms with Crippen molar-refractivity contribution in [2.24, 2.45) is 0 Å². The van der Waals surface area contributed by atoms with Crippen LogP contribution in [0, 0.1) is 10.1 Å². The first kappa shape index (κ1) is 15.9. The average Bonchev–Trinajstić information content (AvgIpc) is 2.41. The van der Waals surface area contributed by atoms with Gasteiger partial charge in [0.15, 0.2) is 0 Å². The molecule has 0 radical (unpaired) electrons. The fourth-order valence-electron chi connectivity index (χ4n) is 2.29. The second-order valence-electron chi connectivity index (χ2n) is 5.03. The normalized spacial score (nSPS) is 15.9. The molecule has 8 heteroatoms. The molecule has 0 aromatic heterocycles. The van der Waals surface area contributed by atoms with Gasteiger partial charge in [-0.25, -0.2) is 8.42 Å². The minimum Gasteiger partial charge on any atom is -0.396 e. The summed E-state index contributed by atoms with van der Waals surface area (Å²) in [6.45, 7) is 0.139. The van der Waals surface area contributed by atoms with Gasteiger partial charge in [-0.3, -0.25) is 10.1 Å². The molecule has 0 saturated heterocycles. The van der Waals surface area contributed by atoms with Crippen LogP contribution in [0.15, 0.2) is 29.2 Å². The zero-order valence-electron chi connectivity index (χ0n) is 11.5. The summed E-state index contributed by atoms with van der Waals surface area (Å²) in [6.07, 6.45) is 2.91. The Balaban J connectivity index is 2.32. The molecule has 1 N–H and O–H groups in total. The minimum atomic E-state index is -3.77. The number of nitro groups is 1. The summed E-state index contributed by atoms with van der Waals surface area (Å²) < 4.78 is 26.7. The fourth-order valence-corrected chi connectivity index (χ4v) is 4.06. The third-order valence-electron chi connectivity index (χ3n) is 3.65. The molecule has 0 bridgehead atoms. The molecule has 1 fully saturated rings. The summed E-state index contributed by atoms with van der Waals surface area (Å²) in [5, 5.41) is 19.7. The number of aliphatic hydroxyl groups is 1. The van der Waals surface area contributed by atoms with E-state index in [4.69, 9.17) is 5.11 Å². The smallest absolute Gasteiger partial charge is 0.270 e. The van der Waals surface area contributed by atoms with Crippen LogP contribution < -0.4 is 0 Å². The molecule has 0 unspecified atom stereocenters. The molecule has 1 aliphatic carbocycles. The molecule has 0 spiro atoms. The molecule has 7 nitrogen and oxygen atoms in total. The van der Waals surface area contributed by atoms with Gasteiger partial charge in [0.05, 0.1) is 9.82 Å². The lowest BCUT2D eigenvalue weighted by atomic mass is 9.93. The largest absolute Gasteiger partial charge is 0.396 e. The Bertz CT molecular complexity index is 613. The topological polar surface area (TPSA) is 101 Å². The molecule has 21 heavy (non-hydrogen) atoms. The van der Waals surface area contributed by atoms with Gasteiger partial charge < -0.3 is 5.11 Å². The number of nitrogens with zero attached hydrogens (tertiary/aromatic N) is 2. The molecule has 1 aromatic carbocycles. The first-order valence-corrected chi connectivity index (χ1v) is 8.28. The van der Waals surface area contributed by atoms with E-state index in [-0.39, 0.29) is 29.8 Å². The second-order valence-corrected chi connectivity index (χ2v) is 6.92. The average molecular weight is 314 g/mol. The van der Waals surface area contributed by atoms with Crippen LogP contribution in [0.25, 0.3) is 0 Å². The van der Waals surface area contributed by atoms with E-state index in [9.17, 15) is 18.5 Å². The zero-order chi connectivity index (χ0) is 15.5. The van der Waals surface area contributed by atoms with E-state index in [1.165, 1.54) is 22.5 Å². The number of rotatable bonds is 7. The van der Waals surface area contributed by atoms with Crippen molar-refractivity contribution in [1.29, 1.82) is 0 Å². The summed E-state index contributed by atoms with van der Waals surface area (Å²) >= 11 is 0. The molecule has 2 rings (SSSR count). The number of benzene rings is 1. The Morgan fingerprint density at radius 3 is 2.62 bits per heavy atom. The minimum absolute atomic E-state index is 0.0680. The molecular formula is C13H18N2O5S. The van der Waals surface area contributed by atoms with Gasteiger partial charge in [0.25, 0.3) is 5.69 Å². The predicted octanol–water partition coefficient (Wildman–Crippen LogP) is 1.52. The predicted molar refractivity (Wildman–Crippen MR) is 76.3 cm³/mol. The van der Waals surface area contributed by atoms with Gasteiger partial charge in [-0.1, -0.05) is 12.5 Å². The number of sulfonamides is 1. The third kappa shape index (κ3) is 3.39. The highest BCUT2D eigenvalue weighted by atomic mass is 32.2. The van der Waals surface area contributed by atoms with E-state index in [1.807, 2.05) is 0 Å². The quantitative estimate of drug-likeness (QED) is 0.607. The maximum Gasteiger partial charge on any atom is 0.270 e. The maximum atomic E-state index is 12.7. The second kappa shape index (κ2) is 6.50. The van der Waals surface area contributed by atoms with Crippen molar-refractivity contribution in [3.8, 4) is 0 Å². The van der Waals surface area contributed by atoms with E-state index in [1.54, 1.807) is 0 Å². The molecule has 0 amide bonds. The van der Waals surface area contributed by atoms with E-state index < -0.39 is 14.9 Å². The van der Waals surface area contributed by atoms with Crippen LogP contribution >= 0.6 is 0 Å². The van der Waals surface area contributed by atoms with Crippen molar-refractivity contribution in [1.82, 2.24) is 4.31 Å². The summed E-state index contributed by atoms with van der Waals surface area (Å²) in [6, 6.07) is 5.02. The summed E-state index contributed by atoms with van der Waals surface area (Å²) in [4.78, 5) is 10.1. The summed E-state index contributed by atoms with van der Waals surface area (Å²) in [5.41, 5.74) is -0.244. The van der Waals surface area contributed by atoms with Gasteiger partial charge in [-0.05, 0) is 25.3 Å². The Morgan fingerprint density at radius 1 is 1.38 bits per heavy atom. The SMILES string of the molecule is O=[N+]([O-])c1cccc(S(=O)(=O)N(CCCO)C2CCC2)c1. The van der Waals surface area contributed by atoms with Gasteiger partial charge in [0, 0.05) is 31.3 Å². The first-order valence-electron chi connectivity index (χ1n) is 6.84. The maximum absolute atomic E-state index is 12.7.